The summed E-state index contributed by atoms with van der Waals surface area (Å²) >= 11 is 1.57. The van der Waals surface area contributed by atoms with Crippen molar-refractivity contribution >= 4 is 55.8 Å². The number of amides is 2. The molecule has 3 aliphatic carbocycles. The first-order valence-electron chi connectivity index (χ1n) is 21.7. The first kappa shape index (κ1) is 43.2. The summed E-state index contributed by atoms with van der Waals surface area (Å²) in [5.41, 5.74) is 0.906. The number of nitrogens with zero attached hydrogens (tertiary/aromatic N) is 2. The molecule has 4 bridgehead atoms. The topological polar surface area (TPSA) is 168 Å². The maximum atomic E-state index is 15.0. The normalized spacial score (nSPS) is 27.2. The van der Waals surface area contributed by atoms with Crippen molar-refractivity contribution in [3.05, 3.63) is 58.8 Å². The minimum atomic E-state index is -3.87. The van der Waals surface area contributed by atoms with Crippen LogP contribution in [0.5, 0.6) is 17.4 Å². The van der Waals surface area contributed by atoms with Gasteiger partial charge < -0.3 is 23.8 Å². The molecule has 8 rings (SSSR count). The molecule has 2 aliphatic heterocycles. The Labute approximate surface area is 362 Å². The first-order chi connectivity index (χ1) is 29.2. The first-order valence-corrected chi connectivity index (χ1v) is 24.2. The van der Waals surface area contributed by atoms with E-state index in [0.29, 0.717) is 48.8 Å². The van der Waals surface area contributed by atoms with Gasteiger partial charge >= 0.3 is 5.97 Å². The number of ether oxygens (including phenoxy) is 4. The highest BCUT2D eigenvalue weighted by Gasteiger charge is 2.61. The summed E-state index contributed by atoms with van der Waals surface area (Å²) in [5.74, 6) is -1.53. The molecule has 5 aliphatic rings. The monoisotopic (exact) mass is 875 g/mol. The number of hydrogen-bond donors (Lipinski definition) is 1. The molecule has 61 heavy (non-hydrogen) atoms. The Bertz CT molecular complexity index is 2280. The lowest BCUT2D eigenvalue weighted by molar-refractivity contribution is -0.153. The molecule has 0 unspecified atom stereocenters. The van der Waals surface area contributed by atoms with Gasteiger partial charge in [-0.25, -0.2) is 13.4 Å². The van der Waals surface area contributed by atoms with Crippen LogP contribution < -0.4 is 18.9 Å². The second kappa shape index (κ2) is 17.3. The number of fused-ring (bicyclic) bond motifs is 3. The number of aromatic nitrogens is 1. The molecule has 4 heterocycles. The number of hydrogen-bond acceptors (Lipinski definition) is 12. The van der Waals surface area contributed by atoms with Gasteiger partial charge in [0, 0.05) is 35.9 Å². The fourth-order valence-corrected chi connectivity index (χ4v) is 11.7. The quantitative estimate of drug-likeness (QED) is 0.146. The third-order valence-corrected chi connectivity index (χ3v) is 16.0. The zero-order chi connectivity index (χ0) is 43.1. The third-order valence-electron chi connectivity index (χ3n) is 13.5. The molecule has 3 aromatic rings. The van der Waals surface area contributed by atoms with E-state index in [-0.39, 0.29) is 61.9 Å². The molecule has 5 atom stereocenters. The molecular formula is C46H57N3O10S2. The highest BCUT2D eigenvalue weighted by atomic mass is 32.2. The molecular weight excluding hydrogens is 819 g/mol. The number of carbonyl (C=O) groups excluding carboxylic acids is 4. The Hall–Kier alpha value is -4.50. The number of esters is 1. The highest BCUT2D eigenvalue weighted by molar-refractivity contribution is 7.90. The summed E-state index contributed by atoms with van der Waals surface area (Å²) in [6.45, 7) is 8.54. The van der Waals surface area contributed by atoms with Crippen LogP contribution >= 0.6 is 11.3 Å². The summed E-state index contributed by atoms with van der Waals surface area (Å²) < 4.78 is 52.9. The maximum absolute atomic E-state index is 15.0. The summed E-state index contributed by atoms with van der Waals surface area (Å²) in [6.07, 6.45) is 7.59. The van der Waals surface area contributed by atoms with Gasteiger partial charge in [0.25, 0.3) is 0 Å². The molecule has 15 heteroatoms. The number of thiophene rings is 1. The number of pyridine rings is 1. The SMILES string of the molecule is C=C[C@@H]1C[C@]1(CC(=O)[C@@H]1C[C@@H]2CN1C(=O)[C@H](C1CCCC1)CC(=O)OCC(C)(C)CCCc1cc3c(cc(OCc4ccsc4)nc3cc1OC)O2)C(=O)NS(=O)(=O)C1CC1. The van der Waals surface area contributed by atoms with Crippen molar-refractivity contribution in [3.8, 4) is 17.4 Å². The molecule has 13 nitrogen and oxygen atoms in total. The van der Waals surface area contributed by atoms with Gasteiger partial charge in [-0.1, -0.05) is 32.8 Å². The molecule has 1 saturated heterocycles. The van der Waals surface area contributed by atoms with E-state index < -0.39 is 56.5 Å². The number of ketones is 1. The van der Waals surface area contributed by atoms with Crippen LogP contribution in [0.3, 0.4) is 0 Å². The van der Waals surface area contributed by atoms with Crippen molar-refractivity contribution < 1.29 is 46.5 Å². The average Bonchev–Trinajstić information content (AvgIpc) is 3.97. The van der Waals surface area contributed by atoms with E-state index in [2.05, 4.69) is 25.1 Å². The Kier molecular flexibility index (Phi) is 12.3. The average molecular weight is 876 g/mol. The zero-order valence-electron chi connectivity index (χ0n) is 35.3. The predicted molar refractivity (Wildman–Crippen MR) is 230 cm³/mol. The highest BCUT2D eigenvalue weighted by Crippen LogP contribution is 2.57. The lowest BCUT2D eigenvalue weighted by Gasteiger charge is -2.31. The Morgan fingerprint density at radius 3 is 2.59 bits per heavy atom. The predicted octanol–water partition coefficient (Wildman–Crippen LogP) is 7.09. The summed E-state index contributed by atoms with van der Waals surface area (Å²) in [6, 6.07) is 6.64. The fourth-order valence-electron chi connectivity index (χ4n) is 9.63. The number of benzene rings is 1. The second-order valence-corrected chi connectivity index (χ2v) is 21.3. The number of carbonyl (C=O) groups is 4. The Morgan fingerprint density at radius 1 is 1.11 bits per heavy atom. The van der Waals surface area contributed by atoms with Crippen LogP contribution in [0.1, 0.15) is 102 Å². The van der Waals surface area contributed by atoms with E-state index >= 15 is 4.79 Å². The number of sulfonamides is 1. The van der Waals surface area contributed by atoms with Crippen molar-refractivity contribution in [1.29, 1.82) is 0 Å². The zero-order valence-corrected chi connectivity index (χ0v) is 37.0. The van der Waals surface area contributed by atoms with Gasteiger partial charge in [0.1, 0.15) is 24.2 Å². The van der Waals surface area contributed by atoms with Gasteiger partial charge in [-0.05, 0) is 97.1 Å². The second-order valence-electron chi connectivity index (χ2n) is 18.6. The van der Waals surface area contributed by atoms with Crippen molar-refractivity contribution in [3.63, 3.8) is 0 Å². The number of Topliss-reactive ketones (excluding diaryl/α,β-unsaturated/α-hetero) is 1. The van der Waals surface area contributed by atoms with Crippen LogP contribution in [0.25, 0.3) is 10.9 Å². The van der Waals surface area contributed by atoms with Gasteiger partial charge in [0.15, 0.2) is 5.78 Å². The van der Waals surface area contributed by atoms with Crippen LogP contribution in [0.15, 0.2) is 47.7 Å². The number of methoxy groups -OCH3 is 1. The number of aryl methyl sites for hydroxylation is 1. The smallest absolute Gasteiger partial charge is 0.306 e. The summed E-state index contributed by atoms with van der Waals surface area (Å²) in [4.78, 5) is 63.6. The number of nitrogens with one attached hydrogen (secondary N) is 1. The molecule has 328 valence electrons. The van der Waals surface area contributed by atoms with E-state index in [1.807, 2.05) is 29.0 Å². The maximum Gasteiger partial charge on any atom is 0.306 e. The molecule has 0 spiro atoms. The Balaban J connectivity index is 1.16. The fraction of sp³-hybridized carbons (Fsp3) is 0.587. The van der Waals surface area contributed by atoms with Gasteiger partial charge in [0.05, 0.1) is 54.8 Å². The lowest BCUT2D eigenvalue weighted by atomic mass is 9.85. The van der Waals surface area contributed by atoms with Crippen LogP contribution in [0.4, 0.5) is 0 Å². The van der Waals surface area contributed by atoms with Crippen molar-refractivity contribution in [2.75, 3.05) is 20.3 Å². The summed E-state index contributed by atoms with van der Waals surface area (Å²) in [5, 5.41) is 4.10. The minimum Gasteiger partial charge on any atom is -0.496 e. The Morgan fingerprint density at radius 2 is 1.90 bits per heavy atom. The molecule has 3 saturated carbocycles. The number of cyclic esters (lactones) is 1. The molecule has 2 aromatic heterocycles. The van der Waals surface area contributed by atoms with E-state index in [1.54, 1.807) is 35.5 Å². The van der Waals surface area contributed by atoms with E-state index in [0.717, 1.165) is 55.0 Å². The molecule has 4 fully saturated rings. The summed E-state index contributed by atoms with van der Waals surface area (Å²) in [7, 11) is -2.25. The standard InChI is InChI=1S/C46H57N3O10S2/c1-5-31-22-46(31,44(53)48-61(54,55)33-12-13-33)23-38(50)37-18-32-24-49(37)43(52)34(29-9-6-7-10-29)19-42(51)58-27-45(2,3)15-8-11-30-17-35-36(20-39(30)56-4)47-41(21-40(35)59-32)57-25-28-14-16-60-26-28/h5,14,16-17,20-21,26,29,31-34,37H,1,6-13,15,18-19,22-25,27H2,2-4H3,(H,48,53)/t31-,32-,34+,37+,46-/m1/s1. The number of rotatable bonds is 12. The van der Waals surface area contributed by atoms with Gasteiger partial charge in [0.2, 0.25) is 27.7 Å². The van der Waals surface area contributed by atoms with Crippen LogP contribution in [0.2, 0.25) is 0 Å². The van der Waals surface area contributed by atoms with Crippen molar-refractivity contribution in [2.45, 2.75) is 121 Å². The molecule has 1 N–H and O–H groups in total. The van der Waals surface area contributed by atoms with Crippen LogP contribution in [0, 0.1) is 28.6 Å². The van der Waals surface area contributed by atoms with Gasteiger partial charge in [-0.2, -0.15) is 11.3 Å². The van der Waals surface area contributed by atoms with Crippen molar-refractivity contribution in [2.24, 2.45) is 28.6 Å². The molecule has 2 amide bonds. The van der Waals surface area contributed by atoms with Gasteiger partial charge in [-0.15, -0.1) is 6.58 Å². The minimum absolute atomic E-state index is 0.0542. The largest absolute Gasteiger partial charge is 0.496 e. The van der Waals surface area contributed by atoms with Gasteiger partial charge in [-0.3, -0.25) is 23.9 Å². The van der Waals surface area contributed by atoms with E-state index in [9.17, 15) is 22.8 Å². The van der Waals surface area contributed by atoms with E-state index in [1.165, 1.54) is 0 Å². The van der Waals surface area contributed by atoms with Crippen LogP contribution in [-0.2, 0) is 47.0 Å². The molecule has 0 radical (unpaired) electrons. The molecule has 1 aromatic carbocycles. The van der Waals surface area contributed by atoms with Crippen LogP contribution in [-0.4, -0.2) is 79.5 Å². The van der Waals surface area contributed by atoms with E-state index in [4.69, 9.17) is 23.9 Å². The number of allylic oxidation sites excluding steroid dienone is 1. The van der Waals surface area contributed by atoms with Crippen molar-refractivity contribution in [1.82, 2.24) is 14.6 Å². The lowest BCUT2D eigenvalue weighted by Crippen LogP contribution is -2.47. The third kappa shape index (κ3) is 9.47.